The second kappa shape index (κ2) is 6.73. The van der Waals surface area contributed by atoms with Gasteiger partial charge in [-0.05, 0) is 37.1 Å². The number of rotatable bonds is 1. The molecule has 0 fully saturated rings. The lowest BCUT2D eigenvalue weighted by atomic mass is 9.64. The van der Waals surface area contributed by atoms with Crippen LogP contribution in [0.25, 0.3) is 0 Å². The van der Waals surface area contributed by atoms with E-state index in [-0.39, 0.29) is 23.1 Å². The Morgan fingerprint density at radius 3 is 2.65 bits per heavy atom. The van der Waals surface area contributed by atoms with E-state index in [0.717, 1.165) is 0 Å². The third-order valence-corrected chi connectivity index (χ3v) is 6.61. The maximum Gasteiger partial charge on any atom is 0.247 e. The molecule has 2 N–H and O–H groups in total. The molecule has 0 unspecified atom stereocenters. The van der Waals surface area contributed by atoms with E-state index in [1.807, 2.05) is 30.3 Å². The fourth-order valence-corrected chi connectivity index (χ4v) is 5.33. The molecule has 2 heterocycles. The van der Waals surface area contributed by atoms with Crippen LogP contribution in [0.5, 0.6) is 0 Å². The molecular formula is C24H19ClN4O2. The standard InChI is InChI=1S/C24H19ClN4O2/c1-28-18-9-3-2-8-16(18)24(23(28)31)17(13-26)22(27)29(15-7-4-6-14(25)12-15)19-10-5-11-20(30)21(19)24/h2-4,6-9,12H,5,10-11,27H2,1H3/t24-/m0/s1. The van der Waals surface area contributed by atoms with Crippen LogP contribution in [-0.2, 0) is 15.0 Å². The number of benzene rings is 2. The number of halogens is 1. The number of fused-ring (bicyclic) bond motifs is 3. The van der Waals surface area contributed by atoms with Crippen LogP contribution in [0, 0.1) is 11.3 Å². The summed E-state index contributed by atoms with van der Waals surface area (Å²) in [6, 6.07) is 16.6. The summed E-state index contributed by atoms with van der Waals surface area (Å²) in [4.78, 5) is 30.5. The van der Waals surface area contributed by atoms with Gasteiger partial charge in [0.1, 0.15) is 17.3 Å². The average molecular weight is 431 g/mol. The Balaban J connectivity index is 1.91. The van der Waals surface area contributed by atoms with Crippen LogP contribution < -0.4 is 15.5 Å². The zero-order valence-corrected chi connectivity index (χ0v) is 17.6. The molecule has 1 atom stereocenters. The normalized spacial score (nSPS) is 22.7. The van der Waals surface area contributed by atoms with E-state index < -0.39 is 5.41 Å². The number of amides is 1. The summed E-state index contributed by atoms with van der Waals surface area (Å²) in [5.41, 5.74) is 8.13. The number of nitrogens with two attached hydrogens (primary N) is 1. The summed E-state index contributed by atoms with van der Waals surface area (Å²) in [6.45, 7) is 0. The summed E-state index contributed by atoms with van der Waals surface area (Å²) in [5, 5.41) is 10.8. The number of hydrogen-bond acceptors (Lipinski definition) is 5. The fourth-order valence-electron chi connectivity index (χ4n) is 5.14. The number of anilines is 2. The molecule has 154 valence electrons. The average Bonchev–Trinajstić information content (AvgIpc) is 2.97. The van der Waals surface area contributed by atoms with Gasteiger partial charge in [0.25, 0.3) is 0 Å². The Morgan fingerprint density at radius 1 is 1.13 bits per heavy atom. The molecule has 0 saturated carbocycles. The second-order valence-corrected chi connectivity index (χ2v) is 8.35. The maximum absolute atomic E-state index is 13.8. The molecule has 31 heavy (non-hydrogen) atoms. The van der Waals surface area contributed by atoms with Gasteiger partial charge in [0.2, 0.25) is 5.91 Å². The molecule has 3 aliphatic rings. The largest absolute Gasteiger partial charge is 0.384 e. The van der Waals surface area contributed by atoms with E-state index in [9.17, 15) is 14.9 Å². The molecule has 1 aliphatic carbocycles. The lowest BCUT2D eigenvalue weighted by molar-refractivity contribution is -0.124. The van der Waals surface area contributed by atoms with Gasteiger partial charge in [-0.25, -0.2) is 0 Å². The molecule has 5 rings (SSSR count). The topological polar surface area (TPSA) is 90.4 Å². The lowest BCUT2D eigenvalue weighted by Gasteiger charge is -2.43. The summed E-state index contributed by atoms with van der Waals surface area (Å²) >= 11 is 6.22. The molecule has 0 bridgehead atoms. The Morgan fingerprint density at radius 2 is 1.90 bits per heavy atom. The van der Waals surface area contributed by atoms with Crippen molar-refractivity contribution in [1.82, 2.24) is 0 Å². The summed E-state index contributed by atoms with van der Waals surface area (Å²) in [6.07, 6.45) is 1.53. The van der Waals surface area contributed by atoms with Gasteiger partial charge in [0, 0.05) is 46.7 Å². The number of Topliss-reactive ketones (excluding diaryl/α,β-unsaturated/α-hetero) is 1. The van der Waals surface area contributed by atoms with Crippen molar-refractivity contribution in [2.75, 3.05) is 16.8 Å². The molecule has 6 nitrogen and oxygen atoms in total. The highest BCUT2D eigenvalue weighted by Crippen LogP contribution is 2.56. The van der Waals surface area contributed by atoms with E-state index >= 15 is 0 Å². The van der Waals surface area contributed by atoms with E-state index in [0.29, 0.717) is 52.5 Å². The Hall–Kier alpha value is -3.56. The van der Waals surface area contributed by atoms with Crippen molar-refractivity contribution in [3.63, 3.8) is 0 Å². The SMILES string of the molecule is CN1C(=O)[C@]2(C(C#N)=C(N)N(c3cccc(Cl)c3)C3=C2C(=O)CCC3)c2ccccc21. The van der Waals surface area contributed by atoms with Crippen LogP contribution in [0.4, 0.5) is 11.4 Å². The number of nitriles is 1. The minimum absolute atomic E-state index is 0.0725. The number of carbonyl (C=O) groups is 2. The van der Waals surface area contributed by atoms with Crippen LogP contribution in [0.15, 0.2) is 71.2 Å². The van der Waals surface area contributed by atoms with Gasteiger partial charge in [-0.1, -0.05) is 35.9 Å². The van der Waals surface area contributed by atoms with Crippen molar-refractivity contribution in [3.05, 3.63) is 81.8 Å². The number of carbonyl (C=O) groups excluding carboxylic acids is 2. The molecule has 2 aromatic carbocycles. The summed E-state index contributed by atoms with van der Waals surface area (Å²) in [7, 11) is 1.66. The number of likely N-dealkylation sites (N-methyl/N-ethyl adjacent to an activating group) is 1. The number of nitrogens with zero attached hydrogens (tertiary/aromatic N) is 3. The van der Waals surface area contributed by atoms with Crippen molar-refractivity contribution in [2.24, 2.45) is 5.73 Å². The van der Waals surface area contributed by atoms with Gasteiger partial charge in [0.05, 0.1) is 5.57 Å². The first kappa shape index (κ1) is 19.4. The Bertz CT molecular complexity index is 1270. The first-order valence-electron chi connectivity index (χ1n) is 10.0. The van der Waals surface area contributed by atoms with Crippen molar-refractivity contribution in [2.45, 2.75) is 24.7 Å². The molecule has 7 heteroatoms. The quantitative estimate of drug-likeness (QED) is 0.743. The van der Waals surface area contributed by atoms with Crippen LogP contribution in [0.3, 0.4) is 0 Å². The molecule has 0 saturated heterocycles. The van der Waals surface area contributed by atoms with Crippen LogP contribution >= 0.6 is 11.6 Å². The van der Waals surface area contributed by atoms with Crippen molar-refractivity contribution < 1.29 is 9.59 Å². The number of ketones is 1. The zero-order valence-electron chi connectivity index (χ0n) is 16.9. The zero-order chi connectivity index (χ0) is 21.9. The van der Waals surface area contributed by atoms with E-state index in [1.165, 1.54) is 4.90 Å². The highest BCUT2D eigenvalue weighted by atomic mass is 35.5. The first-order chi connectivity index (χ1) is 14.9. The van der Waals surface area contributed by atoms with Gasteiger partial charge in [-0.2, -0.15) is 5.26 Å². The van der Waals surface area contributed by atoms with E-state index in [4.69, 9.17) is 17.3 Å². The lowest BCUT2D eigenvalue weighted by Crippen LogP contribution is -2.52. The van der Waals surface area contributed by atoms with Gasteiger partial charge in [-0.3, -0.25) is 14.5 Å². The van der Waals surface area contributed by atoms with Crippen LogP contribution in [0.1, 0.15) is 24.8 Å². The maximum atomic E-state index is 13.8. The van der Waals surface area contributed by atoms with E-state index in [1.54, 1.807) is 30.1 Å². The van der Waals surface area contributed by atoms with Crippen LogP contribution in [-0.4, -0.2) is 18.7 Å². The predicted molar refractivity (Wildman–Crippen MR) is 118 cm³/mol. The summed E-state index contributed by atoms with van der Waals surface area (Å²) < 4.78 is 0. The van der Waals surface area contributed by atoms with Gasteiger partial charge >= 0.3 is 0 Å². The number of hydrogen-bond donors (Lipinski definition) is 1. The third-order valence-electron chi connectivity index (χ3n) is 6.37. The molecule has 0 aromatic heterocycles. The Labute approximate surface area is 184 Å². The Kier molecular flexibility index (Phi) is 4.21. The van der Waals surface area contributed by atoms with E-state index in [2.05, 4.69) is 6.07 Å². The molecule has 2 aromatic rings. The number of allylic oxidation sites excluding steroid dienone is 1. The smallest absolute Gasteiger partial charge is 0.247 e. The van der Waals surface area contributed by atoms with Gasteiger partial charge in [-0.15, -0.1) is 0 Å². The molecular weight excluding hydrogens is 412 g/mol. The summed E-state index contributed by atoms with van der Waals surface area (Å²) in [5.74, 6) is -0.314. The molecule has 1 spiro atoms. The number of para-hydroxylation sites is 1. The van der Waals surface area contributed by atoms with Crippen molar-refractivity contribution in [1.29, 1.82) is 5.26 Å². The predicted octanol–water partition coefficient (Wildman–Crippen LogP) is 3.78. The first-order valence-corrected chi connectivity index (χ1v) is 10.4. The molecule has 1 amide bonds. The minimum Gasteiger partial charge on any atom is -0.384 e. The van der Waals surface area contributed by atoms with Crippen LogP contribution in [0.2, 0.25) is 5.02 Å². The second-order valence-electron chi connectivity index (χ2n) is 7.92. The van der Waals surface area contributed by atoms with Crippen molar-refractivity contribution in [3.8, 4) is 6.07 Å². The highest BCUT2D eigenvalue weighted by Gasteiger charge is 2.61. The third kappa shape index (κ3) is 2.38. The van der Waals surface area contributed by atoms with Gasteiger partial charge < -0.3 is 10.6 Å². The molecule has 2 aliphatic heterocycles. The monoisotopic (exact) mass is 430 g/mol. The fraction of sp³-hybridized carbons (Fsp3) is 0.208. The highest BCUT2D eigenvalue weighted by molar-refractivity contribution is 6.30. The van der Waals surface area contributed by atoms with Crippen molar-refractivity contribution >= 4 is 34.7 Å². The minimum atomic E-state index is -1.52. The molecule has 0 radical (unpaired) electrons. The van der Waals surface area contributed by atoms with Gasteiger partial charge in [0.15, 0.2) is 5.78 Å².